The highest BCUT2D eigenvalue weighted by Crippen LogP contribution is 2.47. The number of pyridine rings is 1. The van der Waals surface area contributed by atoms with Crippen LogP contribution in [0.1, 0.15) is 0 Å². The predicted molar refractivity (Wildman–Crippen MR) is 606 cm³/mol. The van der Waals surface area contributed by atoms with Gasteiger partial charge in [0, 0.05) is 145 Å². The molecule has 13 heteroatoms. The highest BCUT2D eigenvalue weighted by molar-refractivity contribution is 7.26. The number of benzene rings is 19. The van der Waals surface area contributed by atoms with Gasteiger partial charge in [0.2, 0.25) is 0 Å². The molecule has 0 radical (unpaired) electrons. The van der Waals surface area contributed by atoms with E-state index in [-0.39, 0.29) is 0 Å². The second kappa shape index (κ2) is 32.6. The van der Waals surface area contributed by atoms with Gasteiger partial charge in [0.25, 0.3) is 0 Å². The Morgan fingerprint density at radius 2 is 0.424 bits per heavy atom. The molecule has 19 aromatic carbocycles. The molecule has 10 nitrogen and oxygen atoms in total. The van der Waals surface area contributed by atoms with Crippen molar-refractivity contribution in [3.05, 3.63) is 480 Å². The topological polar surface area (TPSA) is 81.9 Å². The van der Waals surface area contributed by atoms with Crippen LogP contribution in [0.4, 0.5) is 0 Å². The summed E-state index contributed by atoms with van der Waals surface area (Å²) in [5.41, 5.74) is 31.7. The van der Waals surface area contributed by atoms with Crippen molar-refractivity contribution < 1.29 is 13.3 Å². The first-order chi connectivity index (χ1) is 71.4. The molecule has 0 aliphatic heterocycles. The molecule has 0 bridgehead atoms. The van der Waals surface area contributed by atoms with Gasteiger partial charge in [-0.3, -0.25) is 4.57 Å². The summed E-state index contributed by atoms with van der Waals surface area (Å²) in [6.45, 7) is 0. The SMILES string of the molecule is c1cc(-c2ccc3c(c2)sc2occc23)cc(-n2c3ccccc3c3cc(-n4c5ccccc5c5ccccc54)ccc32)c1.c1cc(-c2ccc3sc4occc4c3c2)cc(-c2cccc(-n3c4ccccc4c4cc(-n5c6ccccc6c6ccccc65)ccc43)n2)c1.c1cc(-c2cccc(-n3c4ccccc4c4cc(-n5c6ccccc6c6ccccc65)ccc43)c2)cc(-c2ccc3sc4occc4c3c2)c1. The molecule has 0 N–H and O–H groups in total. The quantitative estimate of drug-likeness (QED) is 0.129. The molecular weight excluding hydrogens is 1820 g/mol. The number of fused-ring (bicyclic) bond motifs is 27. The summed E-state index contributed by atoms with van der Waals surface area (Å²) >= 11 is 5.11. The molecule has 13 heterocycles. The van der Waals surface area contributed by atoms with E-state index in [4.69, 9.17) is 18.2 Å². The summed E-state index contributed by atoms with van der Waals surface area (Å²) in [7, 11) is 0. The van der Waals surface area contributed by atoms with Gasteiger partial charge in [-0.1, -0.05) is 289 Å². The number of hydrogen-bond acceptors (Lipinski definition) is 7. The number of nitrogens with zero attached hydrogens (tertiary/aromatic N) is 7. The Morgan fingerprint density at radius 3 is 0.806 bits per heavy atom. The first-order valence-corrected chi connectivity index (χ1v) is 51.0. The Kier molecular flexibility index (Phi) is 18.5. The number of furan rings is 3. The van der Waals surface area contributed by atoms with Gasteiger partial charge < -0.3 is 36.1 Å². The minimum atomic E-state index is 0.894. The first kappa shape index (κ1) is 81.6. The van der Waals surface area contributed by atoms with Crippen molar-refractivity contribution in [3.8, 4) is 90.0 Å². The molecule has 32 rings (SSSR count). The van der Waals surface area contributed by atoms with Crippen molar-refractivity contribution in [1.29, 1.82) is 0 Å². The maximum atomic E-state index is 5.69. The third-order valence-electron chi connectivity index (χ3n) is 29.3. The summed E-state index contributed by atoms with van der Waals surface area (Å²) < 4.78 is 35.1. The van der Waals surface area contributed by atoms with Crippen LogP contribution in [-0.4, -0.2) is 32.4 Å². The average Bonchev–Trinajstić information content (AvgIpc) is 1.56. The molecule has 0 saturated heterocycles. The van der Waals surface area contributed by atoms with Gasteiger partial charge in [0.15, 0.2) is 14.7 Å². The van der Waals surface area contributed by atoms with E-state index in [2.05, 4.69) is 488 Å². The van der Waals surface area contributed by atoms with Crippen LogP contribution in [0.5, 0.6) is 0 Å². The molecule has 0 unspecified atom stereocenters. The largest absolute Gasteiger partial charge is 0.454 e. The average molecular weight is 1900 g/mol. The van der Waals surface area contributed by atoms with E-state index in [9.17, 15) is 0 Å². The Hall–Kier alpha value is -18.4. The molecular formula is C131H79N7O3S3. The summed E-state index contributed by atoms with van der Waals surface area (Å²) in [5.74, 6) is 0.894. The Morgan fingerprint density at radius 1 is 0.153 bits per heavy atom. The number of thiophene rings is 3. The van der Waals surface area contributed by atoms with Crippen LogP contribution in [0.3, 0.4) is 0 Å². The van der Waals surface area contributed by atoms with Crippen molar-refractivity contribution in [3.63, 3.8) is 0 Å². The number of rotatable bonds is 11. The van der Waals surface area contributed by atoms with Crippen molar-refractivity contribution in [2.75, 3.05) is 0 Å². The second-order valence-corrected chi connectivity index (χ2v) is 40.3. The molecule has 674 valence electrons. The number of aromatic nitrogens is 7. The monoisotopic (exact) mass is 1890 g/mol. The van der Waals surface area contributed by atoms with E-state index in [1.807, 2.05) is 0 Å². The van der Waals surface area contributed by atoms with Crippen LogP contribution >= 0.6 is 34.0 Å². The lowest BCUT2D eigenvalue weighted by molar-refractivity contribution is 0.623. The van der Waals surface area contributed by atoms with E-state index in [0.29, 0.717) is 0 Å². The fourth-order valence-corrected chi connectivity index (χ4v) is 25.9. The molecule has 13 aromatic heterocycles. The molecule has 0 aliphatic rings. The zero-order valence-electron chi connectivity index (χ0n) is 77.2. The normalized spacial score (nSPS) is 12.0. The maximum Gasteiger partial charge on any atom is 0.188 e. The maximum absolute atomic E-state index is 5.69. The molecule has 0 saturated carbocycles. The summed E-state index contributed by atoms with van der Waals surface area (Å²) in [5, 5.41) is 22.3. The van der Waals surface area contributed by atoms with Crippen molar-refractivity contribution >= 4 is 226 Å². The Bertz CT molecular complexity index is 10300. The summed E-state index contributed by atoms with van der Waals surface area (Å²) in [6.07, 6.45) is 5.33. The lowest BCUT2D eigenvalue weighted by atomic mass is 9.98. The Labute approximate surface area is 834 Å². The lowest BCUT2D eigenvalue weighted by Crippen LogP contribution is -1.99. The van der Waals surface area contributed by atoms with Gasteiger partial charge in [0.1, 0.15) is 5.82 Å². The van der Waals surface area contributed by atoms with Gasteiger partial charge in [-0.15, -0.1) is 0 Å². The predicted octanol–water partition coefficient (Wildman–Crippen LogP) is 37.3. The lowest BCUT2D eigenvalue weighted by Gasteiger charge is -2.12. The highest BCUT2D eigenvalue weighted by Gasteiger charge is 2.25. The van der Waals surface area contributed by atoms with Gasteiger partial charge >= 0.3 is 0 Å². The van der Waals surface area contributed by atoms with Gasteiger partial charge in [-0.2, -0.15) is 0 Å². The molecule has 144 heavy (non-hydrogen) atoms. The molecule has 0 amide bonds. The zero-order chi connectivity index (χ0) is 94.3. The number of para-hydroxylation sites is 9. The third kappa shape index (κ3) is 13.0. The van der Waals surface area contributed by atoms with E-state index in [0.717, 1.165) is 71.1 Å². The molecule has 0 aliphatic carbocycles. The number of hydrogen-bond donors (Lipinski definition) is 0. The van der Waals surface area contributed by atoms with Crippen molar-refractivity contribution in [1.82, 2.24) is 32.4 Å². The molecule has 32 aromatic rings. The molecule has 0 fully saturated rings. The van der Waals surface area contributed by atoms with Crippen LogP contribution in [0.25, 0.3) is 282 Å². The van der Waals surface area contributed by atoms with E-state index < -0.39 is 0 Å². The van der Waals surface area contributed by atoms with Crippen molar-refractivity contribution in [2.24, 2.45) is 0 Å². The third-order valence-corrected chi connectivity index (χ3v) is 32.5. The van der Waals surface area contributed by atoms with Crippen LogP contribution in [0, 0.1) is 0 Å². The summed E-state index contributed by atoms with van der Waals surface area (Å²) in [6, 6.07) is 167. The first-order valence-electron chi connectivity index (χ1n) is 48.5. The zero-order valence-corrected chi connectivity index (χ0v) is 79.6. The van der Waals surface area contributed by atoms with Crippen LogP contribution in [0.15, 0.2) is 493 Å². The van der Waals surface area contributed by atoms with E-state index in [1.165, 1.54) is 211 Å². The molecule has 0 spiro atoms. The smallest absolute Gasteiger partial charge is 0.188 e. The van der Waals surface area contributed by atoms with E-state index >= 15 is 0 Å². The summed E-state index contributed by atoms with van der Waals surface area (Å²) in [4.78, 5) is 8.23. The fourth-order valence-electron chi connectivity index (χ4n) is 22.8. The van der Waals surface area contributed by atoms with Crippen molar-refractivity contribution in [2.45, 2.75) is 0 Å². The second-order valence-electron chi connectivity index (χ2n) is 37.2. The van der Waals surface area contributed by atoms with Gasteiger partial charge in [-0.25, -0.2) is 4.98 Å². The van der Waals surface area contributed by atoms with Gasteiger partial charge in [-0.05, 0) is 251 Å². The van der Waals surface area contributed by atoms with Crippen LogP contribution in [0.2, 0.25) is 0 Å². The minimum Gasteiger partial charge on any atom is -0.454 e. The standard InChI is InChI=1S/C46H28N2OS.C45H27N3OS.C40H24N2OS/c1-4-16-41-35(13-1)36-14-2-5-17-42(36)48(41)34-20-21-44-39(28-34)37-15-3-6-18-43(37)47(44)33-12-8-11-31(26-33)29-9-7-10-30(25-29)32-19-22-45-40(27-32)38-23-24-49-46(38)50-45;1-4-15-39-32(11-1)33-12-2-5-16-40(33)47(39)31-20-21-42-36(27-31)34-13-3-6-17-41(34)48(42)44-18-8-14-38(46-44)30-10-7-9-28(25-30)29-19-22-43-37(26-29)35-23-24-49-45(35)50-43;1-4-13-35-29(10-1)30-11-2-5-14-36(30)42(35)28-17-19-38-34(24-28)31-12-3-6-15-37(31)41(38)27-9-7-8-25(22-27)26-16-18-32-33-20-21-43-40(33)44-39(32)23-26/h1-28H;1-27H;1-24H. The van der Waals surface area contributed by atoms with E-state index in [1.54, 1.807) is 52.8 Å². The van der Waals surface area contributed by atoms with Crippen LogP contribution < -0.4 is 0 Å². The molecule has 0 atom stereocenters. The minimum absolute atomic E-state index is 0.894. The van der Waals surface area contributed by atoms with Crippen LogP contribution in [-0.2, 0) is 0 Å². The highest BCUT2D eigenvalue weighted by atomic mass is 32.1. The van der Waals surface area contributed by atoms with Gasteiger partial charge in [0.05, 0.1) is 90.7 Å². The fraction of sp³-hybridized carbons (Fsp3) is 0. The Balaban J connectivity index is 0.000000101.